The van der Waals surface area contributed by atoms with Gasteiger partial charge in [0, 0.05) is 5.92 Å². The smallest absolute Gasteiger partial charge is 0.230 e. The molecule has 0 unspecified atom stereocenters. The number of aryl methyl sites for hydroxylation is 3. The van der Waals surface area contributed by atoms with E-state index in [2.05, 4.69) is 48.4 Å². The number of nitrogens with zero attached hydrogens (tertiary/aromatic N) is 3. The first-order valence-corrected chi connectivity index (χ1v) is 11.1. The Hall–Kier alpha value is -2.02. The fourth-order valence-electron chi connectivity index (χ4n) is 3.97. The molecule has 0 radical (unpaired) electrons. The van der Waals surface area contributed by atoms with Gasteiger partial charge in [0.15, 0.2) is 5.82 Å². The molecule has 1 heterocycles. The second kappa shape index (κ2) is 8.99. The molecule has 1 amide bonds. The van der Waals surface area contributed by atoms with Gasteiger partial charge in [0.05, 0.1) is 11.8 Å². The summed E-state index contributed by atoms with van der Waals surface area (Å²) in [6.07, 6.45) is 5.96. The van der Waals surface area contributed by atoms with E-state index in [0.717, 1.165) is 24.2 Å². The third-order valence-corrected chi connectivity index (χ3v) is 6.66. The highest BCUT2D eigenvalue weighted by Gasteiger charge is 2.23. The number of carbonyl (C=O) groups is 1. The number of amides is 1. The van der Waals surface area contributed by atoms with E-state index in [1.54, 1.807) is 4.68 Å². The van der Waals surface area contributed by atoms with Gasteiger partial charge in [0.1, 0.15) is 0 Å². The standard InChI is InChI=1S/C21H31N5OS/c1-13-10-15(3)18(11-14(13)2)16(4)23-19(27)12-28-21-25-24-20(26(21)22)17-8-6-5-7-9-17/h10-11,16-17H,5-9,12,22H2,1-4H3,(H,23,27)/t16-/m1/s1. The molecule has 3 N–H and O–H groups in total. The van der Waals surface area contributed by atoms with E-state index in [0.29, 0.717) is 11.1 Å². The molecule has 0 aliphatic heterocycles. The van der Waals surface area contributed by atoms with Gasteiger partial charge in [-0.3, -0.25) is 4.79 Å². The van der Waals surface area contributed by atoms with Crippen molar-refractivity contribution in [3.63, 3.8) is 0 Å². The van der Waals surface area contributed by atoms with Crippen molar-refractivity contribution in [2.24, 2.45) is 0 Å². The lowest BCUT2D eigenvalue weighted by atomic mass is 9.89. The zero-order valence-corrected chi connectivity index (χ0v) is 18.1. The van der Waals surface area contributed by atoms with E-state index in [-0.39, 0.29) is 17.7 Å². The summed E-state index contributed by atoms with van der Waals surface area (Å²) in [5.41, 5.74) is 4.86. The number of nitrogens with one attached hydrogen (secondary N) is 1. The average molecular weight is 402 g/mol. The number of benzene rings is 1. The van der Waals surface area contributed by atoms with Crippen LogP contribution in [0.3, 0.4) is 0 Å². The molecule has 1 aliphatic rings. The van der Waals surface area contributed by atoms with Gasteiger partial charge in [0.25, 0.3) is 0 Å². The second-order valence-corrected chi connectivity index (χ2v) is 8.86. The molecule has 1 fully saturated rings. The number of hydrogen-bond donors (Lipinski definition) is 2. The molecule has 3 rings (SSSR count). The Morgan fingerprint density at radius 2 is 1.86 bits per heavy atom. The van der Waals surface area contributed by atoms with Crippen molar-refractivity contribution in [1.82, 2.24) is 20.2 Å². The van der Waals surface area contributed by atoms with E-state index in [9.17, 15) is 4.79 Å². The summed E-state index contributed by atoms with van der Waals surface area (Å²) in [7, 11) is 0. The van der Waals surface area contributed by atoms with Crippen molar-refractivity contribution in [2.45, 2.75) is 76.9 Å². The number of hydrogen-bond acceptors (Lipinski definition) is 5. The van der Waals surface area contributed by atoms with Crippen molar-refractivity contribution in [1.29, 1.82) is 0 Å². The molecule has 2 aromatic rings. The molecular weight excluding hydrogens is 370 g/mol. The van der Waals surface area contributed by atoms with Crippen LogP contribution in [0.1, 0.15) is 79.1 Å². The summed E-state index contributed by atoms with van der Waals surface area (Å²) in [6, 6.07) is 4.29. The molecule has 0 spiro atoms. The predicted molar refractivity (Wildman–Crippen MR) is 114 cm³/mol. The van der Waals surface area contributed by atoms with Crippen LogP contribution in [0.5, 0.6) is 0 Å². The minimum absolute atomic E-state index is 0.0302. The highest BCUT2D eigenvalue weighted by atomic mass is 32.2. The summed E-state index contributed by atoms with van der Waals surface area (Å²) >= 11 is 1.34. The lowest BCUT2D eigenvalue weighted by molar-refractivity contribution is -0.119. The van der Waals surface area contributed by atoms with Gasteiger partial charge in [-0.05, 0) is 62.8 Å². The van der Waals surface area contributed by atoms with Crippen molar-refractivity contribution in [3.05, 3.63) is 40.2 Å². The highest BCUT2D eigenvalue weighted by Crippen LogP contribution is 2.32. The molecular formula is C21H31N5OS. The van der Waals surface area contributed by atoms with Crippen LogP contribution in [0, 0.1) is 20.8 Å². The molecule has 0 bridgehead atoms. The Bertz CT molecular complexity index is 842. The topological polar surface area (TPSA) is 85.8 Å². The third kappa shape index (κ3) is 4.69. The Morgan fingerprint density at radius 3 is 2.57 bits per heavy atom. The first kappa shape index (κ1) is 20.7. The quantitative estimate of drug-likeness (QED) is 0.566. The zero-order valence-electron chi connectivity index (χ0n) is 17.3. The summed E-state index contributed by atoms with van der Waals surface area (Å²) in [4.78, 5) is 12.5. The lowest BCUT2D eigenvalue weighted by Crippen LogP contribution is -2.29. The van der Waals surface area contributed by atoms with E-state index < -0.39 is 0 Å². The van der Waals surface area contributed by atoms with Gasteiger partial charge in [-0.2, -0.15) is 0 Å². The molecule has 152 valence electrons. The molecule has 28 heavy (non-hydrogen) atoms. The Morgan fingerprint density at radius 1 is 1.18 bits per heavy atom. The third-order valence-electron chi connectivity index (χ3n) is 5.72. The summed E-state index contributed by atoms with van der Waals surface area (Å²) in [6.45, 7) is 8.31. The number of carbonyl (C=O) groups excluding carboxylic acids is 1. The van der Waals surface area contributed by atoms with Gasteiger partial charge in [-0.25, -0.2) is 4.68 Å². The fourth-order valence-corrected chi connectivity index (χ4v) is 4.64. The van der Waals surface area contributed by atoms with E-state index in [4.69, 9.17) is 5.84 Å². The maximum Gasteiger partial charge on any atom is 0.230 e. The normalized spacial score (nSPS) is 16.1. The van der Waals surface area contributed by atoms with E-state index in [1.807, 2.05) is 6.92 Å². The zero-order chi connectivity index (χ0) is 20.3. The molecule has 1 aromatic carbocycles. The van der Waals surface area contributed by atoms with Crippen LogP contribution in [0.25, 0.3) is 0 Å². The van der Waals surface area contributed by atoms with Gasteiger partial charge in [0.2, 0.25) is 11.1 Å². The van der Waals surface area contributed by atoms with E-state index >= 15 is 0 Å². The minimum atomic E-state index is -0.0408. The molecule has 0 saturated heterocycles. The summed E-state index contributed by atoms with van der Waals surface area (Å²) in [5.74, 6) is 7.68. The maximum atomic E-state index is 12.5. The highest BCUT2D eigenvalue weighted by molar-refractivity contribution is 7.99. The fraction of sp³-hybridized carbons (Fsp3) is 0.571. The number of rotatable bonds is 6. The largest absolute Gasteiger partial charge is 0.349 e. The molecule has 1 aliphatic carbocycles. The van der Waals surface area contributed by atoms with Crippen LogP contribution in [0.2, 0.25) is 0 Å². The van der Waals surface area contributed by atoms with Crippen LogP contribution in [-0.2, 0) is 4.79 Å². The summed E-state index contributed by atoms with van der Waals surface area (Å²) < 4.78 is 1.57. The predicted octanol–water partition coefficient (Wildman–Crippen LogP) is 3.93. The van der Waals surface area contributed by atoms with Gasteiger partial charge in [-0.1, -0.05) is 43.2 Å². The monoisotopic (exact) mass is 401 g/mol. The van der Waals surface area contributed by atoms with Crippen LogP contribution in [0.4, 0.5) is 0 Å². The molecule has 1 atom stereocenters. The number of nitrogen functional groups attached to an aromatic ring is 1. The Labute approximate surface area is 171 Å². The van der Waals surface area contributed by atoms with Crippen LogP contribution in [0.15, 0.2) is 17.3 Å². The average Bonchev–Trinajstić information content (AvgIpc) is 3.04. The number of aromatic nitrogens is 3. The van der Waals surface area contributed by atoms with Crippen LogP contribution < -0.4 is 11.2 Å². The molecule has 1 aromatic heterocycles. The summed E-state index contributed by atoms with van der Waals surface area (Å²) in [5, 5.41) is 12.2. The van der Waals surface area contributed by atoms with Crippen LogP contribution in [-0.4, -0.2) is 26.5 Å². The van der Waals surface area contributed by atoms with Crippen molar-refractivity contribution in [3.8, 4) is 0 Å². The van der Waals surface area contributed by atoms with Crippen molar-refractivity contribution in [2.75, 3.05) is 11.6 Å². The minimum Gasteiger partial charge on any atom is -0.349 e. The second-order valence-electron chi connectivity index (χ2n) is 7.92. The van der Waals surface area contributed by atoms with Crippen molar-refractivity contribution < 1.29 is 4.79 Å². The van der Waals surface area contributed by atoms with Crippen molar-refractivity contribution >= 4 is 17.7 Å². The first-order valence-electron chi connectivity index (χ1n) is 10.1. The lowest BCUT2D eigenvalue weighted by Gasteiger charge is -2.20. The van der Waals surface area contributed by atoms with Gasteiger partial charge in [-0.15, -0.1) is 10.2 Å². The SMILES string of the molecule is Cc1cc(C)c([C@@H](C)NC(=O)CSc2nnc(C3CCCCC3)n2N)cc1C. The van der Waals surface area contributed by atoms with Gasteiger partial charge >= 0.3 is 0 Å². The molecule has 6 nitrogen and oxygen atoms in total. The number of thioether (sulfide) groups is 1. The Balaban J connectivity index is 1.57. The molecule has 1 saturated carbocycles. The first-order chi connectivity index (χ1) is 13.4. The van der Waals surface area contributed by atoms with E-state index in [1.165, 1.54) is 47.7 Å². The van der Waals surface area contributed by atoms with Crippen LogP contribution >= 0.6 is 11.8 Å². The number of nitrogens with two attached hydrogens (primary N) is 1. The maximum absolute atomic E-state index is 12.5. The Kier molecular flexibility index (Phi) is 6.65. The molecule has 7 heteroatoms. The van der Waals surface area contributed by atoms with Gasteiger partial charge < -0.3 is 11.2 Å².